The Morgan fingerprint density at radius 2 is 1.23 bits per heavy atom. The van der Waals surface area contributed by atoms with Crippen LogP contribution in [0.15, 0.2) is 108 Å². The molecule has 1 aromatic heterocycles. The molecule has 4 aromatic carbocycles. The molecule has 2 heterocycles. The number of imide groups is 1. The second-order valence-electron chi connectivity index (χ2n) is 10.9. The number of carbonyl (C=O) groups is 2. The summed E-state index contributed by atoms with van der Waals surface area (Å²) in [4.78, 5) is 27.8. The lowest BCUT2D eigenvalue weighted by Gasteiger charge is -2.45. The molecule has 0 spiro atoms. The lowest BCUT2D eigenvalue weighted by atomic mass is 9.55. The first-order valence-electron chi connectivity index (χ1n) is 13.5. The van der Waals surface area contributed by atoms with E-state index >= 15 is 0 Å². The van der Waals surface area contributed by atoms with E-state index in [1.807, 2.05) is 36.4 Å². The van der Waals surface area contributed by atoms with Crippen molar-refractivity contribution in [2.75, 3.05) is 0 Å². The molecule has 1 saturated heterocycles. The maximum atomic E-state index is 13.9. The number of para-hydroxylation sites is 1. The van der Waals surface area contributed by atoms with Crippen LogP contribution >= 0.6 is 22.6 Å². The van der Waals surface area contributed by atoms with Gasteiger partial charge in [-0.2, -0.15) is 10.1 Å². The van der Waals surface area contributed by atoms with Crippen LogP contribution in [0.5, 0.6) is 0 Å². The fourth-order valence-electron chi connectivity index (χ4n) is 7.19. The number of rotatable bonds is 4. The number of hydrogen-bond acceptors (Lipinski definition) is 3. The average Bonchev–Trinajstić information content (AvgIpc) is 3.47. The van der Waals surface area contributed by atoms with Crippen molar-refractivity contribution in [2.24, 2.45) is 16.9 Å². The second-order valence-corrected chi connectivity index (χ2v) is 12.1. The van der Waals surface area contributed by atoms with Gasteiger partial charge in [0.15, 0.2) is 0 Å². The normalized spacial score (nSPS) is 22.7. The zero-order valence-corrected chi connectivity index (χ0v) is 23.6. The summed E-state index contributed by atoms with van der Waals surface area (Å²) in [6, 6.07) is 33.2. The number of amides is 2. The molecule has 0 saturated carbocycles. The Bertz CT molecular complexity index is 1760. The van der Waals surface area contributed by atoms with Gasteiger partial charge in [-0.1, -0.05) is 78.9 Å². The van der Waals surface area contributed by atoms with E-state index in [9.17, 15) is 9.59 Å². The molecule has 3 aliphatic carbocycles. The van der Waals surface area contributed by atoms with Crippen LogP contribution in [-0.2, 0) is 16.1 Å². The maximum Gasteiger partial charge on any atom is 0.254 e. The highest BCUT2D eigenvalue weighted by molar-refractivity contribution is 14.1. The molecule has 1 fully saturated rings. The largest absolute Gasteiger partial charge is 0.342 e. The summed E-state index contributed by atoms with van der Waals surface area (Å²) >= 11 is 2.31. The van der Waals surface area contributed by atoms with Gasteiger partial charge in [0, 0.05) is 44.6 Å². The molecule has 194 valence electrons. The molecule has 2 unspecified atom stereocenters. The Kier molecular flexibility index (Phi) is 5.35. The summed E-state index contributed by atoms with van der Waals surface area (Å²) in [5, 5.41) is 6.77. The highest BCUT2D eigenvalue weighted by Crippen LogP contribution is 2.60. The Hall–Kier alpha value is -4.04. The van der Waals surface area contributed by atoms with Crippen LogP contribution in [0.4, 0.5) is 0 Å². The Morgan fingerprint density at radius 3 is 1.80 bits per heavy atom. The van der Waals surface area contributed by atoms with Crippen molar-refractivity contribution in [2.45, 2.75) is 18.4 Å². The standard InChI is InChI=1S/C34H24IN3O2/c35-22-15-13-20(14-16-22)18-37-19-21(23-7-5-6-12-28(23)37)17-36-38-33(39)31-29-24-8-1-2-9-25(24)30(32(31)34(38)40)27-11-4-3-10-26(27)29/h1-17,19,29-32H,18H2. The molecule has 5 aromatic rings. The van der Waals surface area contributed by atoms with Crippen LogP contribution in [-0.4, -0.2) is 27.6 Å². The minimum Gasteiger partial charge on any atom is -0.342 e. The molecular formula is C34H24IN3O2. The van der Waals surface area contributed by atoms with Gasteiger partial charge in [-0.25, -0.2) is 0 Å². The lowest BCUT2D eigenvalue weighted by Crippen LogP contribution is -2.41. The fourth-order valence-corrected chi connectivity index (χ4v) is 7.55. The lowest BCUT2D eigenvalue weighted by molar-refractivity contribution is -0.139. The molecule has 9 rings (SSSR count). The molecule has 0 radical (unpaired) electrons. The summed E-state index contributed by atoms with van der Waals surface area (Å²) < 4.78 is 3.39. The third-order valence-corrected chi connectivity index (χ3v) is 9.54. The average molecular weight is 633 g/mol. The fraction of sp³-hybridized carbons (Fsp3) is 0.147. The first kappa shape index (κ1) is 23.8. The Morgan fingerprint density at radius 1 is 0.700 bits per heavy atom. The Balaban J connectivity index is 1.16. The zero-order valence-electron chi connectivity index (χ0n) is 21.4. The number of hydrazone groups is 1. The number of hydrogen-bond donors (Lipinski definition) is 0. The number of benzene rings is 4. The van der Waals surface area contributed by atoms with Crippen molar-refractivity contribution in [3.05, 3.63) is 140 Å². The number of nitrogens with zero attached hydrogens (tertiary/aromatic N) is 3. The van der Waals surface area contributed by atoms with Crippen molar-refractivity contribution < 1.29 is 9.59 Å². The van der Waals surface area contributed by atoms with Gasteiger partial charge in [0.25, 0.3) is 11.8 Å². The van der Waals surface area contributed by atoms with Gasteiger partial charge in [0.05, 0.1) is 18.1 Å². The molecule has 1 aliphatic heterocycles. The molecule has 6 heteroatoms. The number of carbonyl (C=O) groups excluding carboxylic acids is 2. The molecule has 2 bridgehead atoms. The minimum absolute atomic E-state index is 0.130. The molecule has 5 nitrogen and oxygen atoms in total. The van der Waals surface area contributed by atoms with Crippen LogP contribution < -0.4 is 0 Å². The van der Waals surface area contributed by atoms with Crippen molar-refractivity contribution >= 4 is 51.5 Å². The molecule has 0 N–H and O–H groups in total. The van der Waals surface area contributed by atoms with Crippen molar-refractivity contribution in [1.29, 1.82) is 0 Å². The van der Waals surface area contributed by atoms with Crippen LogP contribution in [0.1, 0.15) is 45.2 Å². The third kappa shape index (κ3) is 3.41. The highest BCUT2D eigenvalue weighted by Gasteiger charge is 2.61. The summed E-state index contributed by atoms with van der Waals surface area (Å²) in [7, 11) is 0. The van der Waals surface area contributed by atoms with Gasteiger partial charge in [0.1, 0.15) is 0 Å². The number of fused-ring (bicyclic) bond motifs is 1. The molecular weight excluding hydrogens is 609 g/mol. The minimum atomic E-state index is -0.429. The molecule has 4 aliphatic rings. The van der Waals surface area contributed by atoms with Gasteiger partial charge >= 0.3 is 0 Å². The van der Waals surface area contributed by atoms with E-state index in [1.54, 1.807) is 6.21 Å². The number of aromatic nitrogens is 1. The van der Waals surface area contributed by atoms with Gasteiger partial charge in [-0.15, -0.1) is 0 Å². The van der Waals surface area contributed by atoms with E-state index < -0.39 is 11.8 Å². The predicted molar refractivity (Wildman–Crippen MR) is 163 cm³/mol. The summed E-state index contributed by atoms with van der Waals surface area (Å²) in [5.74, 6) is -1.52. The van der Waals surface area contributed by atoms with E-state index in [1.165, 1.54) is 9.13 Å². The Labute approximate surface area is 245 Å². The molecule has 2 amide bonds. The topological polar surface area (TPSA) is 54.7 Å². The van der Waals surface area contributed by atoms with Crippen molar-refractivity contribution in [3.8, 4) is 0 Å². The summed E-state index contributed by atoms with van der Waals surface area (Å²) in [6.45, 7) is 0.719. The van der Waals surface area contributed by atoms with Gasteiger partial charge < -0.3 is 4.57 Å². The van der Waals surface area contributed by atoms with Crippen LogP contribution in [0.3, 0.4) is 0 Å². The van der Waals surface area contributed by atoms with Gasteiger partial charge in [0.2, 0.25) is 0 Å². The van der Waals surface area contributed by atoms with E-state index in [4.69, 9.17) is 0 Å². The van der Waals surface area contributed by atoms with E-state index in [2.05, 4.69) is 99.1 Å². The van der Waals surface area contributed by atoms with Crippen molar-refractivity contribution in [3.63, 3.8) is 0 Å². The van der Waals surface area contributed by atoms with Gasteiger partial charge in [-0.3, -0.25) is 9.59 Å². The third-order valence-electron chi connectivity index (χ3n) is 8.82. The van der Waals surface area contributed by atoms with Crippen LogP contribution in [0.25, 0.3) is 10.9 Å². The monoisotopic (exact) mass is 633 g/mol. The molecule has 2 atom stereocenters. The highest BCUT2D eigenvalue weighted by atomic mass is 127. The summed E-state index contributed by atoms with van der Waals surface area (Å²) in [5.41, 5.74) is 7.82. The van der Waals surface area contributed by atoms with Crippen LogP contribution in [0, 0.1) is 15.4 Å². The molecule has 40 heavy (non-hydrogen) atoms. The quantitative estimate of drug-likeness (QED) is 0.129. The SMILES string of the molecule is O=C1C2C3c4ccccc4C(c4ccccc43)C2C(=O)N1N=Cc1cn(Cc2ccc(I)cc2)c2ccccc12. The smallest absolute Gasteiger partial charge is 0.254 e. The second kappa shape index (κ2) is 8.99. The number of halogens is 1. The first-order chi connectivity index (χ1) is 19.6. The van der Waals surface area contributed by atoms with E-state index in [-0.39, 0.29) is 23.7 Å². The predicted octanol–water partition coefficient (Wildman–Crippen LogP) is 6.52. The summed E-state index contributed by atoms with van der Waals surface area (Å²) in [6.07, 6.45) is 3.74. The first-order valence-corrected chi connectivity index (χ1v) is 14.6. The van der Waals surface area contributed by atoms with Crippen molar-refractivity contribution in [1.82, 2.24) is 9.58 Å². The van der Waals surface area contributed by atoms with Gasteiger partial charge in [-0.05, 0) is 68.6 Å². The van der Waals surface area contributed by atoms with Crippen LogP contribution in [0.2, 0.25) is 0 Å². The zero-order chi connectivity index (χ0) is 27.0. The van der Waals surface area contributed by atoms with E-state index in [0.717, 1.165) is 50.3 Å². The van der Waals surface area contributed by atoms with E-state index in [0.29, 0.717) is 0 Å². The maximum absolute atomic E-state index is 13.9.